The zero-order valence-electron chi connectivity index (χ0n) is 12.3. The van der Waals surface area contributed by atoms with Crippen LogP contribution < -0.4 is 4.31 Å². The van der Waals surface area contributed by atoms with E-state index < -0.39 is 11.3 Å². The Morgan fingerprint density at radius 1 is 1.09 bits per heavy atom. The number of fused-ring (bicyclic) bond motifs is 1. The highest BCUT2D eigenvalue weighted by atomic mass is 32.2. The van der Waals surface area contributed by atoms with Crippen molar-refractivity contribution in [1.82, 2.24) is 4.98 Å². The fourth-order valence-corrected chi connectivity index (χ4v) is 3.01. The number of anilines is 2. The van der Waals surface area contributed by atoms with E-state index in [2.05, 4.69) is 4.98 Å². The lowest BCUT2D eigenvalue weighted by molar-refractivity contribution is 0.101. The van der Waals surface area contributed by atoms with E-state index in [4.69, 9.17) is 0 Å². The van der Waals surface area contributed by atoms with Gasteiger partial charge in [-0.2, -0.15) is 0 Å². The van der Waals surface area contributed by atoms with Crippen molar-refractivity contribution < 1.29 is 13.6 Å². The Balaban J connectivity index is 2.15. The van der Waals surface area contributed by atoms with Crippen LogP contribution in [-0.4, -0.2) is 19.5 Å². The molecule has 0 aliphatic carbocycles. The van der Waals surface area contributed by atoms with Gasteiger partial charge in [0.25, 0.3) is 11.3 Å². The number of para-hydroxylation sites is 1. The number of hydrogen-bond donors (Lipinski definition) is 1. The van der Waals surface area contributed by atoms with Gasteiger partial charge in [0.1, 0.15) is 0 Å². The summed E-state index contributed by atoms with van der Waals surface area (Å²) in [5, 5.41) is 0.876. The monoisotopic (exact) mass is 326 g/mol. The number of Topliss-reactive ketones (excluding diaryl/α,β-unsaturated/α-hetero) is 1. The zero-order chi connectivity index (χ0) is 16.4. The third kappa shape index (κ3) is 2.99. The van der Waals surface area contributed by atoms with Crippen LogP contribution in [0.25, 0.3) is 10.9 Å². The van der Waals surface area contributed by atoms with Gasteiger partial charge in [-0.1, -0.05) is 18.2 Å². The van der Waals surface area contributed by atoms with E-state index in [-0.39, 0.29) is 5.78 Å². The molecule has 0 radical (unpaired) electrons. The van der Waals surface area contributed by atoms with Crippen LogP contribution in [0.1, 0.15) is 17.3 Å². The maximum absolute atomic E-state index is 11.9. The van der Waals surface area contributed by atoms with E-state index >= 15 is 0 Å². The summed E-state index contributed by atoms with van der Waals surface area (Å²) in [4.78, 5) is 15.7. The third-order valence-electron chi connectivity index (χ3n) is 3.49. The highest BCUT2D eigenvalue weighted by molar-refractivity contribution is 7.81. The van der Waals surface area contributed by atoms with Gasteiger partial charge in [0.05, 0.1) is 16.9 Å². The van der Waals surface area contributed by atoms with Crippen LogP contribution in [0, 0.1) is 0 Å². The van der Waals surface area contributed by atoms with E-state index in [0.29, 0.717) is 22.5 Å². The van der Waals surface area contributed by atoms with Crippen molar-refractivity contribution in [2.24, 2.45) is 0 Å². The van der Waals surface area contributed by atoms with E-state index in [0.717, 1.165) is 5.39 Å². The predicted octanol–water partition coefficient (Wildman–Crippen LogP) is 3.71. The van der Waals surface area contributed by atoms with Crippen LogP contribution in [0.5, 0.6) is 0 Å². The summed E-state index contributed by atoms with van der Waals surface area (Å²) in [6.07, 6.45) is 1.64. The molecule has 0 fully saturated rings. The van der Waals surface area contributed by atoms with Gasteiger partial charge in [0.15, 0.2) is 5.78 Å². The molecule has 0 amide bonds. The van der Waals surface area contributed by atoms with Crippen molar-refractivity contribution in [3.8, 4) is 0 Å². The Morgan fingerprint density at radius 2 is 1.78 bits per heavy atom. The molecule has 1 aromatic heterocycles. The lowest BCUT2D eigenvalue weighted by Gasteiger charge is -2.21. The first kappa shape index (κ1) is 15.3. The molecule has 23 heavy (non-hydrogen) atoms. The van der Waals surface area contributed by atoms with Crippen molar-refractivity contribution in [1.29, 1.82) is 0 Å². The Bertz CT molecular complexity index is 888. The number of ketones is 1. The Hall–Kier alpha value is -2.57. The second-order valence-electron chi connectivity index (χ2n) is 4.98. The highest BCUT2D eigenvalue weighted by Crippen LogP contribution is 2.32. The summed E-state index contributed by atoms with van der Waals surface area (Å²) in [5.74, 6) is -0.0555. The normalized spacial score (nSPS) is 12.1. The van der Waals surface area contributed by atoms with Gasteiger partial charge in [-0.25, -0.2) is 8.51 Å². The molecule has 0 saturated carbocycles. The largest absolute Gasteiger partial charge is 0.295 e. The molecule has 1 unspecified atom stereocenters. The molecule has 116 valence electrons. The molecular formula is C17H14N2O3S. The molecule has 2 aromatic carbocycles. The number of nitrogens with zero attached hydrogens (tertiary/aromatic N) is 2. The average Bonchev–Trinajstić information content (AvgIpc) is 2.55. The van der Waals surface area contributed by atoms with Crippen molar-refractivity contribution in [2.45, 2.75) is 6.92 Å². The summed E-state index contributed by atoms with van der Waals surface area (Å²) in [6.45, 7) is 1.48. The number of carbonyl (C=O) groups is 1. The molecule has 0 bridgehead atoms. The number of pyridine rings is 1. The second kappa shape index (κ2) is 6.28. The number of aromatic nitrogens is 1. The van der Waals surface area contributed by atoms with Crippen LogP contribution in [-0.2, 0) is 11.3 Å². The molecule has 0 saturated heterocycles. The fraction of sp³-hybridized carbons (Fsp3) is 0.0588. The summed E-state index contributed by atoms with van der Waals surface area (Å²) in [6, 6.07) is 15.7. The number of carbonyl (C=O) groups excluding carboxylic acids is 1. The lowest BCUT2D eigenvalue weighted by Crippen LogP contribution is -2.19. The van der Waals surface area contributed by atoms with Gasteiger partial charge < -0.3 is 0 Å². The summed E-state index contributed by atoms with van der Waals surface area (Å²) >= 11 is -2.27. The molecule has 1 atom stereocenters. The maximum Gasteiger partial charge on any atom is 0.266 e. The molecule has 3 aromatic rings. The zero-order valence-corrected chi connectivity index (χ0v) is 13.2. The van der Waals surface area contributed by atoms with Gasteiger partial charge in [-0.15, -0.1) is 0 Å². The van der Waals surface area contributed by atoms with Crippen molar-refractivity contribution in [3.05, 3.63) is 66.4 Å². The van der Waals surface area contributed by atoms with Crippen LogP contribution in [0.4, 0.5) is 11.4 Å². The third-order valence-corrected chi connectivity index (χ3v) is 4.21. The van der Waals surface area contributed by atoms with Gasteiger partial charge in [-0.05, 0) is 43.3 Å². The smallest absolute Gasteiger partial charge is 0.266 e. The maximum atomic E-state index is 11.9. The molecule has 0 spiro atoms. The van der Waals surface area contributed by atoms with E-state index in [1.807, 2.05) is 24.3 Å². The van der Waals surface area contributed by atoms with Crippen LogP contribution in [0.3, 0.4) is 0 Å². The quantitative estimate of drug-likeness (QED) is 0.586. The first-order chi connectivity index (χ1) is 11.1. The van der Waals surface area contributed by atoms with Gasteiger partial charge in [0.2, 0.25) is 0 Å². The minimum atomic E-state index is -2.27. The van der Waals surface area contributed by atoms with E-state index in [1.165, 1.54) is 11.2 Å². The molecule has 1 N–H and O–H groups in total. The first-order valence-electron chi connectivity index (χ1n) is 6.94. The van der Waals surface area contributed by atoms with E-state index in [1.54, 1.807) is 36.5 Å². The topological polar surface area (TPSA) is 70.5 Å². The minimum absolute atomic E-state index is 0.0555. The minimum Gasteiger partial charge on any atom is -0.295 e. The fourth-order valence-electron chi connectivity index (χ4n) is 2.40. The molecule has 6 heteroatoms. The lowest BCUT2D eigenvalue weighted by atomic mass is 10.1. The number of hydrogen-bond acceptors (Lipinski definition) is 3. The molecule has 0 aliphatic heterocycles. The Kier molecular flexibility index (Phi) is 4.18. The molecule has 0 aliphatic rings. The van der Waals surface area contributed by atoms with E-state index in [9.17, 15) is 13.6 Å². The average molecular weight is 326 g/mol. The molecule has 3 rings (SSSR count). The number of benzene rings is 2. The molecular weight excluding hydrogens is 312 g/mol. The van der Waals surface area contributed by atoms with Gasteiger partial charge in [0, 0.05) is 17.1 Å². The van der Waals surface area contributed by atoms with Crippen molar-refractivity contribution in [2.75, 3.05) is 4.31 Å². The van der Waals surface area contributed by atoms with Gasteiger partial charge >= 0.3 is 0 Å². The summed E-state index contributed by atoms with van der Waals surface area (Å²) in [7, 11) is 0. The van der Waals surface area contributed by atoms with Gasteiger partial charge in [-0.3, -0.25) is 14.3 Å². The number of rotatable bonds is 4. The molecule has 1 heterocycles. The summed E-state index contributed by atoms with van der Waals surface area (Å²) < 4.78 is 22.9. The standard InChI is InChI=1S/C17H14N2O3S/c1-12(20)13-7-9-15(10-8-13)19(23(21)22)16-6-2-4-14-5-3-11-18-17(14)16/h2-11H,1H3,(H,21,22). The Morgan fingerprint density at radius 3 is 2.43 bits per heavy atom. The first-order valence-corrected chi connectivity index (χ1v) is 8.00. The predicted molar refractivity (Wildman–Crippen MR) is 91.1 cm³/mol. The Labute approximate surface area is 136 Å². The van der Waals surface area contributed by atoms with Crippen LogP contribution in [0.2, 0.25) is 0 Å². The SMILES string of the molecule is CC(=O)c1ccc(N(c2cccc3cccnc23)S(=O)O)cc1. The second-order valence-corrected chi connectivity index (χ2v) is 5.81. The van der Waals surface area contributed by atoms with Crippen molar-refractivity contribution in [3.63, 3.8) is 0 Å². The summed E-state index contributed by atoms with van der Waals surface area (Å²) in [5.41, 5.74) is 2.22. The van der Waals surface area contributed by atoms with Crippen LogP contribution >= 0.6 is 0 Å². The van der Waals surface area contributed by atoms with Crippen LogP contribution in [0.15, 0.2) is 60.8 Å². The highest BCUT2D eigenvalue weighted by Gasteiger charge is 2.18. The molecule has 5 nitrogen and oxygen atoms in total. The van der Waals surface area contributed by atoms with Crippen molar-refractivity contribution >= 4 is 39.3 Å².